The van der Waals surface area contributed by atoms with Crippen LogP contribution in [0.15, 0.2) is 60.2 Å². The Hall–Kier alpha value is -3.91. The van der Waals surface area contributed by atoms with Crippen molar-refractivity contribution in [2.75, 3.05) is 11.9 Å². The van der Waals surface area contributed by atoms with Gasteiger partial charge in [-0.25, -0.2) is 0 Å². The van der Waals surface area contributed by atoms with Gasteiger partial charge in [-0.3, -0.25) is 14.9 Å². The van der Waals surface area contributed by atoms with Crippen LogP contribution in [0.3, 0.4) is 0 Å². The number of hydrogen-bond donors (Lipinski definition) is 1. The highest BCUT2D eigenvalue weighted by molar-refractivity contribution is 14.1. The summed E-state index contributed by atoms with van der Waals surface area (Å²) >= 11 is 2.10. The average Bonchev–Trinajstić information content (AvgIpc) is 2.85. The lowest BCUT2D eigenvalue weighted by Gasteiger charge is -2.15. The standard InChI is InChI=1S/C27H24IN3O5/c1-4-35-25-14-20(12-21(15-29)27(32)30-24-7-5-6-17(2)18(24)3)13-23(28)26(25)36-16-19-8-10-22(11-9-19)31(33)34/h5-14H,4,16H2,1-3H3,(H,30,32)/b21-12-. The Labute approximate surface area is 222 Å². The van der Waals surface area contributed by atoms with Gasteiger partial charge in [-0.05, 0) is 102 Å². The summed E-state index contributed by atoms with van der Waals surface area (Å²) in [5.41, 5.74) is 3.96. The Kier molecular flexibility index (Phi) is 9.02. The predicted octanol–water partition coefficient (Wildman–Crippen LogP) is 6.34. The smallest absolute Gasteiger partial charge is 0.269 e. The van der Waals surface area contributed by atoms with Gasteiger partial charge >= 0.3 is 0 Å². The summed E-state index contributed by atoms with van der Waals surface area (Å²) in [5, 5.41) is 23.3. The van der Waals surface area contributed by atoms with Crippen LogP contribution >= 0.6 is 22.6 Å². The fraction of sp³-hybridized carbons (Fsp3) is 0.185. The molecule has 0 aliphatic rings. The van der Waals surface area contributed by atoms with Gasteiger partial charge in [0.25, 0.3) is 11.6 Å². The van der Waals surface area contributed by atoms with Gasteiger partial charge in [0, 0.05) is 17.8 Å². The number of nitrogens with one attached hydrogen (secondary N) is 1. The van der Waals surface area contributed by atoms with E-state index >= 15 is 0 Å². The Balaban J connectivity index is 1.84. The maximum absolute atomic E-state index is 12.8. The first-order valence-corrected chi connectivity index (χ1v) is 12.1. The summed E-state index contributed by atoms with van der Waals surface area (Å²) in [6.07, 6.45) is 1.51. The van der Waals surface area contributed by atoms with E-state index in [1.54, 1.807) is 30.3 Å². The lowest BCUT2D eigenvalue weighted by atomic mass is 10.1. The van der Waals surface area contributed by atoms with Crippen molar-refractivity contribution in [3.8, 4) is 17.6 Å². The molecule has 0 atom stereocenters. The van der Waals surface area contributed by atoms with Gasteiger partial charge in [-0.1, -0.05) is 12.1 Å². The van der Waals surface area contributed by atoms with Crippen molar-refractivity contribution < 1.29 is 19.2 Å². The Morgan fingerprint density at radius 3 is 2.53 bits per heavy atom. The molecule has 1 N–H and O–H groups in total. The van der Waals surface area contributed by atoms with Crippen molar-refractivity contribution in [1.82, 2.24) is 0 Å². The molecular formula is C27H24IN3O5. The number of rotatable bonds is 9. The molecule has 0 bridgehead atoms. The molecule has 8 nitrogen and oxygen atoms in total. The van der Waals surface area contributed by atoms with Crippen molar-refractivity contribution >= 4 is 45.9 Å². The minimum absolute atomic E-state index is 0.00868. The van der Waals surface area contributed by atoms with Crippen molar-refractivity contribution in [3.63, 3.8) is 0 Å². The van der Waals surface area contributed by atoms with E-state index in [4.69, 9.17) is 9.47 Å². The number of carbonyl (C=O) groups is 1. The molecule has 3 rings (SSSR count). The van der Waals surface area contributed by atoms with Crippen LogP contribution in [0.1, 0.15) is 29.2 Å². The molecule has 0 saturated carbocycles. The lowest BCUT2D eigenvalue weighted by molar-refractivity contribution is -0.384. The third-order valence-electron chi connectivity index (χ3n) is 5.39. The third-order valence-corrected chi connectivity index (χ3v) is 6.19. The fourth-order valence-electron chi connectivity index (χ4n) is 3.34. The number of non-ortho nitro benzene ring substituents is 1. The zero-order valence-electron chi connectivity index (χ0n) is 20.0. The van der Waals surface area contributed by atoms with Crippen molar-refractivity contribution in [2.24, 2.45) is 0 Å². The minimum Gasteiger partial charge on any atom is -0.490 e. The van der Waals surface area contributed by atoms with Gasteiger partial charge in [0.1, 0.15) is 18.2 Å². The maximum Gasteiger partial charge on any atom is 0.269 e. The Bertz CT molecular complexity index is 1360. The van der Waals surface area contributed by atoms with Crippen LogP contribution in [0.5, 0.6) is 11.5 Å². The number of nitrogens with zero attached hydrogens (tertiary/aromatic N) is 2. The van der Waals surface area contributed by atoms with Crippen LogP contribution in [-0.2, 0) is 11.4 Å². The number of amides is 1. The number of halogens is 1. The minimum atomic E-state index is -0.502. The van der Waals surface area contributed by atoms with Crippen LogP contribution in [-0.4, -0.2) is 17.4 Å². The highest BCUT2D eigenvalue weighted by atomic mass is 127. The quantitative estimate of drug-likeness (QED) is 0.101. The number of nitriles is 1. The molecule has 0 radical (unpaired) electrons. The second-order valence-corrected chi connectivity index (χ2v) is 9.01. The van der Waals surface area contributed by atoms with E-state index in [1.807, 2.05) is 39.0 Å². The number of benzene rings is 3. The molecule has 9 heteroatoms. The topological polar surface area (TPSA) is 114 Å². The highest BCUT2D eigenvalue weighted by Crippen LogP contribution is 2.35. The molecule has 0 aromatic heterocycles. The first kappa shape index (κ1) is 26.7. The number of carbonyl (C=O) groups excluding carboxylic acids is 1. The van der Waals surface area contributed by atoms with E-state index < -0.39 is 10.8 Å². The summed E-state index contributed by atoms with van der Waals surface area (Å²) in [4.78, 5) is 23.2. The summed E-state index contributed by atoms with van der Waals surface area (Å²) in [6, 6.07) is 17.2. The molecule has 0 aliphatic heterocycles. The molecule has 0 unspecified atom stereocenters. The number of ether oxygens (including phenoxy) is 2. The molecule has 3 aromatic rings. The zero-order valence-corrected chi connectivity index (χ0v) is 22.2. The van der Waals surface area contributed by atoms with E-state index in [0.717, 1.165) is 20.3 Å². The van der Waals surface area contributed by atoms with Gasteiger partial charge in [0.2, 0.25) is 0 Å². The molecule has 36 heavy (non-hydrogen) atoms. The van der Waals surface area contributed by atoms with E-state index in [9.17, 15) is 20.2 Å². The average molecular weight is 597 g/mol. The van der Waals surface area contributed by atoms with Gasteiger partial charge in [-0.15, -0.1) is 0 Å². The zero-order chi connectivity index (χ0) is 26.2. The summed E-state index contributed by atoms with van der Waals surface area (Å²) in [6.45, 7) is 6.27. The molecule has 184 valence electrons. The second kappa shape index (κ2) is 12.2. The van der Waals surface area contributed by atoms with Crippen molar-refractivity contribution in [2.45, 2.75) is 27.4 Å². The van der Waals surface area contributed by atoms with Crippen molar-refractivity contribution in [1.29, 1.82) is 5.26 Å². The summed E-state index contributed by atoms with van der Waals surface area (Å²) < 4.78 is 12.5. The normalized spacial score (nSPS) is 10.9. The number of hydrogen-bond acceptors (Lipinski definition) is 6. The number of anilines is 1. The molecule has 1 amide bonds. The van der Waals surface area contributed by atoms with Gasteiger partial charge in [0.05, 0.1) is 15.1 Å². The van der Waals surface area contributed by atoms with E-state index in [1.165, 1.54) is 18.2 Å². The van der Waals surface area contributed by atoms with E-state index in [2.05, 4.69) is 27.9 Å². The fourth-order valence-corrected chi connectivity index (χ4v) is 4.12. The summed E-state index contributed by atoms with van der Waals surface area (Å²) in [5.74, 6) is 0.466. The summed E-state index contributed by atoms with van der Waals surface area (Å²) in [7, 11) is 0. The van der Waals surface area contributed by atoms with Gasteiger partial charge in [0.15, 0.2) is 11.5 Å². The largest absolute Gasteiger partial charge is 0.490 e. The first-order valence-electron chi connectivity index (χ1n) is 11.0. The molecule has 0 saturated heterocycles. The number of nitro benzene ring substituents is 1. The van der Waals surface area contributed by atoms with Gasteiger partial charge < -0.3 is 14.8 Å². The maximum atomic E-state index is 12.8. The molecule has 0 aliphatic carbocycles. The Morgan fingerprint density at radius 2 is 1.89 bits per heavy atom. The molecule has 0 heterocycles. The molecular weight excluding hydrogens is 573 g/mol. The number of nitro groups is 1. The second-order valence-electron chi connectivity index (χ2n) is 7.85. The third kappa shape index (κ3) is 6.60. The van der Waals surface area contributed by atoms with Crippen molar-refractivity contribution in [3.05, 3.63) is 96.1 Å². The van der Waals surface area contributed by atoms with Gasteiger partial charge in [-0.2, -0.15) is 5.26 Å². The molecule has 0 fully saturated rings. The lowest BCUT2D eigenvalue weighted by Crippen LogP contribution is -2.14. The monoisotopic (exact) mass is 597 g/mol. The van der Waals surface area contributed by atoms with Crippen LogP contribution in [0.2, 0.25) is 0 Å². The van der Waals surface area contributed by atoms with Crippen LogP contribution in [0, 0.1) is 38.9 Å². The van der Waals surface area contributed by atoms with Crippen LogP contribution in [0.25, 0.3) is 6.08 Å². The molecule has 0 spiro atoms. The van der Waals surface area contributed by atoms with Crippen LogP contribution in [0.4, 0.5) is 11.4 Å². The van der Waals surface area contributed by atoms with E-state index in [-0.39, 0.29) is 17.9 Å². The SMILES string of the molecule is CCOc1cc(/C=C(/C#N)C(=O)Nc2cccc(C)c2C)cc(I)c1OCc1ccc([N+](=O)[O-])cc1. The Morgan fingerprint density at radius 1 is 1.17 bits per heavy atom. The first-order chi connectivity index (χ1) is 17.2. The van der Waals surface area contributed by atoms with E-state index in [0.29, 0.717) is 29.4 Å². The predicted molar refractivity (Wildman–Crippen MR) is 146 cm³/mol. The highest BCUT2D eigenvalue weighted by Gasteiger charge is 2.16. The van der Waals surface area contributed by atoms with Crippen LogP contribution < -0.4 is 14.8 Å². The molecule has 3 aromatic carbocycles. The number of aryl methyl sites for hydroxylation is 1.